The average Bonchev–Trinajstić information content (AvgIpc) is 3.19. The zero-order valence-electron chi connectivity index (χ0n) is 12.1. The summed E-state index contributed by atoms with van der Waals surface area (Å²) in [5, 5.41) is 3.13. The molecule has 4 nitrogen and oxygen atoms in total. The molecular weight excluding hydrogens is 236 g/mol. The molecule has 1 fully saturated rings. The van der Waals surface area contributed by atoms with Gasteiger partial charge in [0.2, 0.25) is 0 Å². The molecule has 1 aromatic rings. The normalized spacial score (nSPS) is 17.6. The van der Waals surface area contributed by atoms with Gasteiger partial charge in [-0.25, -0.2) is 0 Å². The first kappa shape index (κ1) is 13.9. The summed E-state index contributed by atoms with van der Waals surface area (Å²) in [5.41, 5.74) is 8.11. The molecule has 2 rings (SSSR count). The molecule has 0 saturated heterocycles. The molecule has 0 amide bonds. The highest BCUT2D eigenvalue weighted by Crippen LogP contribution is 2.26. The summed E-state index contributed by atoms with van der Waals surface area (Å²) in [7, 11) is 2.17. The van der Waals surface area contributed by atoms with E-state index in [9.17, 15) is 0 Å². The molecule has 1 unspecified atom stereocenters. The number of nitrogens with two attached hydrogens (primary N) is 1. The summed E-state index contributed by atoms with van der Waals surface area (Å²) in [5.74, 6) is 0.488. The van der Waals surface area contributed by atoms with Crippen molar-refractivity contribution in [2.24, 2.45) is 10.7 Å². The van der Waals surface area contributed by atoms with Crippen molar-refractivity contribution in [3.05, 3.63) is 29.8 Å². The van der Waals surface area contributed by atoms with E-state index in [1.807, 2.05) is 12.1 Å². The number of likely N-dealkylation sites (N-methyl/N-ethyl adjacent to an activating group) is 1. The van der Waals surface area contributed by atoms with Gasteiger partial charge in [0.05, 0.1) is 6.54 Å². The fourth-order valence-corrected chi connectivity index (χ4v) is 2.11. The van der Waals surface area contributed by atoms with E-state index < -0.39 is 0 Å². The van der Waals surface area contributed by atoms with E-state index in [1.54, 1.807) is 0 Å². The summed E-state index contributed by atoms with van der Waals surface area (Å²) in [6.45, 7) is 4.99. The summed E-state index contributed by atoms with van der Waals surface area (Å²) < 4.78 is 0. The number of hydrogen-bond acceptors (Lipinski definition) is 2. The van der Waals surface area contributed by atoms with Gasteiger partial charge in [0.25, 0.3) is 0 Å². The monoisotopic (exact) mass is 260 g/mol. The molecule has 4 heteroatoms. The van der Waals surface area contributed by atoms with E-state index in [0.29, 0.717) is 12.0 Å². The maximum absolute atomic E-state index is 5.92. The highest BCUT2D eigenvalue weighted by Gasteiger charge is 2.28. The molecule has 104 valence electrons. The molecule has 0 aromatic heterocycles. The van der Waals surface area contributed by atoms with Crippen LogP contribution in [-0.4, -0.2) is 36.5 Å². The Kier molecular flexibility index (Phi) is 4.43. The Morgan fingerprint density at radius 3 is 2.89 bits per heavy atom. The van der Waals surface area contributed by atoms with E-state index in [0.717, 1.165) is 18.3 Å². The van der Waals surface area contributed by atoms with E-state index in [2.05, 4.69) is 48.2 Å². The van der Waals surface area contributed by atoms with E-state index in [-0.39, 0.29) is 0 Å². The maximum atomic E-state index is 5.92. The van der Waals surface area contributed by atoms with Gasteiger partial charge in [-0.3, -0.25) is 9.89 Å². The molecule has 3 N–H and O–H groups in total. The largest absolute Gasteiger partial charge is 0.370 e. The lowest BCUT2D eigenvalue weighted by Gasteiger charge is -2.22. The van der Waals surface area contributed by atoms with E-state index >= 15 is 0 Å². The third-order valence-corrected chi connectivity index (χ3v) is 3.63. The predicted molar refractivity (Wildman–Crippen MR) is 81.5 cm³/mol. The van der Waals surface area contributed by atoms with Crippen molar-refractivity contribution in [1.82, 2.24) is 4.90 Å². The molecule has 0 bridgehead atoms. The van der Waals surface area contributed by atoms with Gasteiger partial charge in [0.15, 0.2) is 5.96 Å². The molecule has 0 aliphatic heterocycles. The number of anilines is 1. The van der Waals surface area contributed by atoms with Crippen molar-refractivity contribution in [2.45, 2.75) is 38.8 Å². The second-order valence-electron chi connectivity index (χ2n) is 5.47. The molecule has 1 saturated carbocycles. The fraction of sp³-hybridized carbons (Fsp3) is 0.533. The summed E-state index contributed by atoms with van der Waals surface area (Å²) in [6.07, 6.45) is 2.64. The fourth-order valence-electron chi connectivity index (χ4n) is 2.11. The first-order valence-electron chi connectivity index (χ1n) is 6.92. The Bertz CT molecular complexity index is 451. The Labute approximate surface area is 115 Å². The molecule has 1 aliphatic rings. The van der Waals surface area contributed by atoms with E-state index in [1.165, 1.54) is 18.4 Å². The number of hydrogen-bond donors (Lipinski definition) is 2. The zero-order valence-corrected chi connectivity index (χ0v) is 12.1. The van der Waals surface area contributed by atoms with Crippen molar-refractivity contribution in [3.8, 4) is 0 Å². The van der Waals surface area contributed by atoms with Crippen molar-refractivity contribution in [2.75, 3.05) is 18.9 Å². The van der Waals surface area contributed by atoms with Crippen LogP contribution in [0, 0.1) is 6.92 Å². The van der Waals surface area contributed by atoms with Gasteiger partial charge in [-0.15, -0.1) is 0 Å². The minimum absolute atomic E-state index is 0.436. The van der Waals surface area contributed by atoms with Gasteiger partial charge in [-0.1, -0.05) is 12.1 Å². The molecule has 19 heavy (non-hydrogen) atoms. The van der Waals surface area contributed by atoms with E-state index in [4.69, 9.17) is 5.73 Å². The maximum Gasteiger partial charge on any atom is 0.193 e. The average molecular weight is 260 g/mol. The van der Waals surface area contributed by atoms with Gasteiger partial charge >= 0.3 is 0 Å². The van der Waals surface area contributed by atoms with Crippen molar-refractivity contribution >= 4 is 11.6 Å². The van der Waals surface area contributed by atoms with Crippen LogP contribution < -0.4 is 11.1 Å². The summed E-state index contributed by atoms with van der Waals surface area (Å²) >= 11 is 0. The van der Waals surface area contributed by atoms with Gasteiger partial charge in [-0.2, -0.15) is 0 Å². The van der Waals surface area contributed by atoms with Crippen molar-refractivity contribution in [1.29, 1.82) is 0 Å². The first-order valence-corrected chi connectivity index (χ1v) is 6.92. The highest BCUT2D eigenvalue weighted by molar-refractivity contribution is 5.92. The standard InChI is InChI=1S/C15H24N4/c1-11-5-4-6-13(9-11)18-15(16)17-10-12(2)19(3)14-7-8-14/h4-6,9,12,14H,7-8,10H2,1-3H3,(H3,16,17,18). The Morgan fingerprint density at radius 2 is 2.26 bits per heavy atom. The van der Waals surface area contributed by atoms with Crippen molar-refractivity contribution in [3.63, 3.8) is 0 Å². The second-order valence-corrected chi connectivity index (χ2v) is 5.47. The van der Waals surface area contributed by atoms with Crippen LogP contribution in [0.15, 0.2) is 29.3 Å². The van der Waals surface area contributed by atoms with Crippen LogP contribution >= 0.6 is 0 Å². The van der Waals surface area contributed by atoms with Crippen LogP contribution in [0.3, 0.4) is 0 Å². The molecule has 0 radical (unpaired) electrons. The number of aryl methyl sites for hydroxylation is 1. The van der Waals surface area contributed by atoms with Crippen LogP contribution in [0.5, 0.6) is 0 Å². The quantitative estimate of drug-likeness (QED) is 0.630. The third-order valence-electron chi connectivity index (χ3n) is 3.63. The third kappa shape index (κ3) is 4.24. The molecule has 0 spiro atoms. The van der Waals surface area contributed by atoms with Gasteiger partial charge in [0.1, 0.15) is 0 Å². The Balaban J connectivity index is 1.84. The number of guanidine groups is 1. The molecule has 0 heterocycles. The molecule has 1 aliphatic carbocycles. The number of nitrogens with zero attached hydrogens (tertiary/aromatic N) is 2. The zero-order chi connectivity index (χ0) is 13.8. The molecule has 1 aromatic carbocycles. The lowest BCUT2D eigenvalue weighted by Crippen LogP contribution is -2.34. The number of benzene rings is 1. The molecule has 1 atom stereocenters. The van der Waals surface area contributed by atoms with Gasteiger partial charge in [0, 0.05) is 17.8 Å². The second kappa shape index (κ2) is 6.06. The van der Waals surface area contributed by atoms with Crippen molar-refractivity contribution < 1.29 is 0 Å². The lowest BCUT2D eigenvalue weighted by atomic mass is 10.2. The highest BCUT2D eigenvalue weighted by atomic mass is 15.2. The molecular formula is C15H24N4. The number of nitrogens with one attached hydrogen (secondary N) is 1. The summed E-state index contributed by atoms with van der Waals surface area (Å²) in [6, 6.07) is 9.32. The van der Waals surface area contributed by atoms with Crippen LogP contribution in [-0.2, 0) is 0 Å². The van der Waals surface area contributed by atoms with Gasteiger partial charge < -0.3 is 11.1 Å². The van der Waals surface area contributed by atoms with Gasteiger partial charge in [-0.05, 0) is 51.4 Å². The SMILES string of the molecule is Cc1cccc(NC(N)=NCC(C)N(C)C2CC2)c1. The predicted octanol–water partition coefficient (Wildman–Crippen LogP) is 2.20. The minimum Gasteiger partial charge on any atom is -0.370 e. The Hall–Kier alpha value is -1.55. The van der Waals surface area contributed by atoms with Crippen LogP contribution in [0.4, 0.5) is 5.69 Å². The van der Waals surface area contributed by atoms with Crippen LogP contribution in [0.1, 0.15) is 25.3 Å². The summed E-state index contributed by atoms with van der Waals surface area (Å²) in [4.78, 5) is 6.81. The lowest BCUT2D eigenvalue weighted by molar-refractivity contribution is 0.253. The number of rotatable bonds is 5. The topological polar surface area (TPSA) is 53.6 Å². The Morgan fingerprint density at radius 1 is 1.53 bits per heavy atom. The van der Waals surface area contributed by atoms with Crippen LogP contribution in [0.2, 0.25) is 0 Å². The van der Waals surface area contributed by atoms with Crippen LogP contribution in [0.25, 0.3) is 0 Å². The smallest absolute Gasteiger partial charge is 0.193 e. The first-order chi connectivity index (χ1) is 9.06. The number of aliphatic imine (C=N–C) groups is 1. The minimum atomic E-state index is 0.436.